The fourth-order valence-electron chi connectivity index (χ4n) is 2.04. The minimum Gasteiger partial charge on any atom is -0.284 e. The van der Waals surface area contributed by atoms with Crippen molar-refractivity contribution in [3.63, 3.8) is 0 Å². The van der Waals surface area contributed by atoms with Crippen molar-refractivity contribution in [3.8, 4) is 5.82 Å². The highest BCUT2D eigenvalue weighted by atomic mass is 15.3. The molecule has 0 aliphatic heterocycles. The molecule has 3 heterocycles. The van der Waals surface area contributed by atoms with Gasteiger partial charge < -0.3 is 0 Å². The number of fused-ring (bicyclic) bond motifs is 2. The van der Waals surface area contributed by atoms with Gasteiger partial charge in [0.2, 0.25) is 5.65 Å². The molecule has 0 radical (unpaired) electrons. The lowest BCUT2D eigenvalue weighted by molar-refractivity contribution is 0.990. The number of para-hydroxylation sites is 2. The molecular formula is C12H8N6. The van der Waals surface area contributed by atoms with Crippen molar-refractivity contribution in [1.29, 1.82) is 0 Å². The van der Waals surface area contributed by atoms with Crippen molar-refractivity contribution >= 4 is 16.7 Å². The summed E-state index contributed by atoms with van der Waals surface area (Å²) in [4.78, 5) is 8.72. The predicted octanol–water partition coefficient (Wildman–Crippen LogP) is 1.46. The van der Waals surface area contributed by atoms with Crippen LogP contribution in [0.5, 0.6) is 0 Å². The highest BCUT2D eigenvalue weighted by Crippen LogP contribution is 2.18. The molecule has 1 aromatic carbocycles. The van der Waals surface area contributed by atoms with Gasteiger partial charge in [-0.25, -0.2) is 9.97 Å². The van der Waals surface area contributed by atoms with Crippen molar-refractivity contribution in [3.05, 3.63) is 49.3 Å². The van der Waals surface area contributed by atoms with Crippen LogP contribution in [-0.2, 0) is 0 Å². The van der Waals surface area contributed by atoms with Crippen LogP contribution in [0, 0.1) is 0 Å². The van der Waals surface area contributed by atoms with Crippen molar-refractivity contribution < 1.29 is 0 Å². The van der Waals surface area contributed by atoms with Crippen molar-refractivity contribution in [2.75, 3.05) is 0 Å². The molecule has 18 heavy (non-hydrogen) atoms. The first-order valence-electron chi connectivity index (χ1n) is 5.50. The molecule has 0 spiro atoms. The summed E-state index contributed by atoms with van der Waals surface area (Å²) in [5, 5.41) is 7.97. The standard InChI is InChI=1S/C12H8N6/c1-2-4-10-9(3-1)14-7-18(10)11-12-16-15-8-17(12)6-5-13-11/h1-8H. The Morgan fingerprint density at radius 1 is 1.00 bits per heavy atom. The van der Waals surface area contributed by atoms with Gasteiger partial charge in [0.15, 0.2) is 5.82 Å². The van der Waals surface area contributed by atoms with E-state index in [1.54, 1.807) is 18.9 Å². The molecule has 4 aromatic rings. The Labute approximate surface area is 102 Å². The van der Waals surface area contributed by atoms with E-state index in [0.29, 0.717) is 5.65 Å². The van der Waals surface area contributed by atoms with Gasteiger partial charge in [-0.1, -0.05) is 12.1 Å². The Balaban J connectivity index is 2.10. The van der Waals surface area contributed by atoms with Crippen LogP contribution in [0.3, 0.4) is 0 Å². The summed E-state index contributed by atoms with van der Waals surface area (Å²) >= 11 is 0. The number of rotatable bonds is 1. The lowest BCUT2D eigenvalue weighted by atomic mass is 10.3. The van der Waals surface area contributed by atoms with Crippen LogP contribution in [0.25, 0.3) is 22.5 Å². The molecular weight excluding hydrogens is 228 g/mol. The van der Waals surface area contributed by atoms with Crippen molar-refractivity contribution in [1.82, 2.24) is 29.1 Å². The van der Waals surface area contributed by atoms with E-state index in [1.165, 1.54) is 0 Å². The summed E-state index contributed by atoms with van der Waals surface area (Å²) in [5.41, 5.74) is 2.64. The van der Waals surface area contributed by atoms with Crippen LogP contribution in [0.2, 0.25) is 0 Å². The Hall–Kier alpha value is -2.76. The molecule has 0 bridgehead atoms. The van der Waals surface area contributed by atoms with Crippen LogP contribution >= 0.6 is 0 Å². The van der Waals surface area contributed by atoms with Crippen molar-refractivity contribution in [2.24, 2.45) is 0 Å². The van der Waals surface area contributed by atoms with E-state index in [1.807, 2.05) is 39.4 Å². The second-order valence-corrected chi connectivity index (χ2v) is 3.92. The summed E-state index contributed by atoms with van der Waals surface area (Å²) in [6, 6.07) is 7.91. The summed E-state index contributed by atoms with van der Waals surface area (Å²) in [6.07, 6.45) is 6.94. The molecule has 0 atom stereocenters. The molecule has 6 nitrogen and oxygen atoms in total. The van der Waals surface area contributed by atoms with Crippen LogP contribution in [0.15, 0.2) is 49.3 Å². The first kappa shape index (κ1) is 9.29. The second-order valence-electron chi connectivity index (χ2n) is 3.92. The summed E-state index contributed by atoms with van der Waals surface area (Å²) < 4.78 is 3.75. The summed E-state index contributed by atoms with van der Waals surface area (Å²) in [5.74, 6) is 0.726. The van der Waals surface area contributed by atoms with E-state index in [2.05, 4.69) is 20.2 Å². The van der Waals surface area contributed by atoms with Gasteiger partial charge >= 0.3 is 0 Å². The van der Waals surface area contributed by atoms with Gasteiger partial charge in [-0.05, 0) is 12.1 Å². The van der Waals surface area contributed by atoms with E-state index in [-0.39, 0.29) is 0 Å². The Kier molecular flexibility index (Phi) is 1.74. The predicted molar refractivity (Wildman–Crippen MR) is 65.4 cm³/mol. The lowest BCUT2D eigenvalue weighted by Crippen LogP contribution is -1.99. The third-order valence-corrected chi connectivity index (χ3v) is 2.88. The van der Waals surface area contributed by atoms with Crippen LogP contribution in [0.4, 0.5) is 0 Å². The zero-order valence-corrected chi connectivity index (χ0v) is 9.30. The van der Waals surface area contributed by atoms with E-state index in [0.717, 1.165) is 16.9 Å². The van der Waals surface area contributed by atoms with E-state index >= 15 is 0 Å². The zero-order chi connectivity index (χ0) is 11.9. The van der Waals surface area contributed by atoms with Crippen molar-refractivity contribution in [2.45, 2.75) is 0 Å². The summed E-state index contributed by atoms with van der Waals surface area (Å²) in [6.45, 7) is 0. The lowest BCUT2D eigenvalue weighted by Gasteiger charge is -2.03. The molecule has 0 amide bonds. The highest BCUT2D eigenvalue weighted by molar-refractivity contribution is 5.78. The van der Waals surface area contributed by atoms with Crippen LogP contribution < -0.4 is 0 Å². The third-order valence-electron chi connectivity index (χ3n) is 2.88. The normalized spacial score (nSPS) is 11.3. The van der Waals surface area contributed by atoms with Gasteiger partial charge in [-0.2, -0.15) is 0 Å². The zero-order valence-electron chi connectivity index (χ0n) is 9.30. The minimum atomic E-state index is 0.709. The van der Waals surface area contributed by atoms with E-state index in [4.69, 9.17) is 0 Å². The fraction of sp³-hybridized carbons (Fsp3) is 0. The van der Waals surface area contributed by atoms with Gasteiger partial charge in [0.25, 0.3) is 0 Å². The maximum atomic E-state index is 4.37. The average Bonchev–Trinajstić information content (AvgIpc) is 3.05. The number of benzene rings is 1. The monoisotopic (exact) mass is 236 g/mol. The molecule has 3 aromatic heterocycles. The van der Waals surface area contributed by atoms with E-state index in [9.17, 15) is 0 Å². The second kappa shape index (κ2) is 3.36. The molecule has 0 unspecified atom stereocenters. The maximum absolute atomic E-state index is 4.37. The Bertz CT molecular complexity index is 844. The minimum absolute atomic E-state index is 0.709. The molecule has 4 rings (SSSR count). The van der Waals surface area contributed by atoms with Gasteiger partial charge in [0.1, 0.15) is 12.7 Å². The average molecular weight is 236 g/mol. The third kappa shape index (κ3) is 1.17. The van der Waals surface area contributed by atoms with Gasteiger partial charge in [-0.15, -0.1) is 10.2 Å². The number of nitrogens with zero attached hydrogens (tertiary/aromatic N) is 6. The van der Waals surface area contributed by atoms with Crippen LogP contribution in [0.1, 0.15) is 0 Å². The number of hydrogen-bond acceptors (Lipinski definition) is 4. The molecule has 0 N–H and O–H groups in total. The Morgan fingerprint density at radius 2 is 1.94 bits per heavy atom. The van der Waals surface area contributed by atoms with Gasteiger partial charge in [0.05, 0.1) is 11.0 Å². The largest absolute Gasteiger partial charge is 0.284 e. The molecule has 0 aliphatic carbocycles. The van der Waals surface area contributed by atoms with E-state index < -0.39 is 0 Å². The maximum Gasteiger partial charge on any atom is 0.204 e. The molecule has 0 saturated carbocycles. The molecule has 0 saturated heterocycles. The number of aromatic nitrogens is 6. The molecule has 0 fully saturated rings. The van der Waals surface area contributed by atoms with Gasteiger partial charge in [-0.3, -0.25) is 8.97 Å². The quantitative estimate of drug-likeness (QED) is 0.502. The highest BCUT2D eigenvalue weighted by Gasteiger charge is 2.10. The number of hydrogen-bond donors (Lipinski definition) is 0. The van der Waals surface area contributed by atoms with Gasteiger partial charge in [0, 0.05) is 12.4 Å². The SMILES string of the molecule is c1ccc2c(c1)ncn2-c1nccn2cnnc12. The molecule has 6 heteroatoms. The first-order valence-corrected chi connectivity index (χ1v) is 5.50. The molecule has 0 aliphatic rings. The smallest absolute Gasteiger partial charge is 0.204 e. The molecule has 86 valence electrons. The van der Waals surface area contributed by atoms with Crippen LogP contribution in [-0.4, -0.2) is 29.1 Å². The summed E-state index contributed by atoms with van der Waals surface area (Å²) in [7, 11) is 0. The Morgan fingerprint density at radius 3 is 2.94 bits per heavy atom. The fourth-order valence-corrected chi connectivity index (χ4v) is 2.04. The topological polar surface area (TPSA) is 60.9 Å². The number of imidazole rings is 1. The first-order chi connectivity index (χ1) is 8.93.